The predicted octanol–water partition coefficient (Wildman–Crippen LogP) is 2.78. The van der Waals surface area contributed by atoms with Crippen LogP contribution in [0, 0.1) is 20.8 Å². The van der Waals surface area contributed by atoms with Gasteiger partial charge in [0.2, 0.25) is 0 Å². The van der Waals surface area contributed by atoms with Crippen LogP contribution < -0.4 is 4.90 Å². The van der Waals surface area contributed by atoms with Crippen molar-refractivity contribution < 1.29 is 4.52 Å². The normalized spacial score (nSPS) is 11.0. The van der Waals surface area contributed by atoms with E-state index in [1.54, 1.807) is 13.1 Å². The van der Waals surface area contributed by atoms with E-state index in [0.717, 1.165) is 36.6 Å². The van der Waals surface area contributed by atoms with Crippen molar-refractivity contribution in [3.63, 3.8) is 0 Å². The fourth-order valence-corrected chi connectivity index (χ4v) is 2.65. The Morgan fingerprint density at radius 2 is 2.04 bits per heavy atom. The topological polar surface area (TPSA) is 72.9 Å². The maximum absolute atomic E-state index is 5.22. The summed E-state index contributed by atoms with van der Waals surface area (Å²) < 4.78 is 7.27. The molecule has 0 fully saturated rings. The van der Waals surface area contributed by atoms with Crippen LogP contribution in [0.1, 0.15) is 23.6 Å². The minimum atomic E-state index is 0.521. The first-order valence-corrected chi connectivity index (χ1v) is 8.02. The van der Waals surface area contributed by atoms with Crippen molar-refractivity contribution in [2.75, 3.05) is 18.5 Å². The molecule has 0 bridgehead atoms. The molecule has 3 heterocycles. The molecule has 0 aliphatic carbocycles. The molecule has 126 valence electrons. The minimum Gasteiger partial charge on any atom is -0.360 e. The Hall–Kier alpha value is -2.70. The van der Waals surface area contributed by atoms with Gasteiger partial charge in [-0.15, -0.1) is 0 Å². The Morgan fingerprint density at radius 1 is 1.21 bits per heavy atom. The smallest absolute Gasteiger partial charge is 0.258 e. The Morgan fingerprint density at radius 3 is 2.71 bits per heavy atom. The van der Waals surface area contributed by atoms with Crippen molar-refractivity contribution >= 4 is 5.82 Å². The highest BCUT2D eigenvalue weighted by atomic mass is 16.5. The van der Waals surface area contributed by atoms with Crippen molar-refractivity contribution in [2.24, 2.45) is 0 Å². The van der Waals surface area contributed by atoms with Crippen LogP contribution in [-0.2, 0) is 6.54 Å². The molecule has 0 spiro atoms. The lowest BCUT2D eigenvalue weighted by atomic mass is 10.2. The predicted molar refractivity (Wildman–Crippen MR) is 91.9 cm³/mol. The third kappa shape index (κ3) is 3.61. The number of anilines is 1. The van der Waals surface area contributed by atoms with Crippen molar-refractivity contribution in [3.8, 4) is 11.5 Å². The third-order valence-corrected chi connectivity index (χ3v) is 3.88. The second-order valence-corrected chi connectivity index (χ2v) is 5.97. The molecule has 0 unspecified atom stereocenters. The fourth-order valence-electron chi connectivity index (χ4n) is 2.65. The Balaban J connectivity index is 1.62. The largest absolute Gasteiger partial charge is 0.360 e. The number of nitrogens with zero attached hydrogens (tertiary/aromatic N) is 6. The molecule has 0 amide bonds. The molecule has 3 rings (SSSR count). The van der Waals surface area contributed by atoms with Gasteiger partial charge in [0.05, 0.1) is 5.69 Å². The maximum atomic E-state index is 5.22. The first-order valence-electron chi connectivity index (χ1n) is 8.02. The van der Waals surface area contributed by atoms with Crippen molar-refractivity contribution in [1.29, 1.82) is 0 Å². The number of hydrogen-bond acceptors (Lipinski definition) is 6. The molecule has 3 aromatic heterocycles. The highest BCUT2D eigenvalue weighted by Gasteiger charge is 2.10. The van der Waals surface area contributed by atoms with Gasteiger partial charge >= 0.3 is 0 Å². The molecule has 0 radical (unpaired) electrons. The Kier molecular flexibility index (Phi) is 4.59. The van der Waals surface area contributed by atoms with E-state index in [4.69, 9.17) is 4.52 Å². The zero-order valence-electron chi connectivity index (χ0n) is 14.5. The van der Waals surface area contributed by atoms with E-state index in [-0.39, 0.29) is 0 Å². The summed E-state index contributed by atoms with van der Waals surface area (Å²) in [6.07, 6.45) is 2.76. The summed E-state index contributed by atoms with van der Waals surface area (Å²) >= 11 is 0. The fraction of sp³-hybridized carbons (Fsp3) is 0.412. The number of hydrogen-bond donors (Lipinski definition) is 0. The monoisotopic (exact) mass is 326 g/mol. The van der Waals surface area contributed by atoms with E-state index in [1.807, 2.05) is 30.8 Å². The summed E-state index contributed by atoms with van der Waals surface area (Å²) in [6.45, 7) is 7.69. The van der Waals surface area contributed by atoms with E-state index >= 15 is 0 Å². The van der Waals surface area contributed by atoms with Crippen LogP contribution >= 0.6 is 0 Å². The lowest BCUT2D eigenvalue weighted by Crippen LogP contribution is -2.21. The van der Waals surface area contributed by atoms with Crippen LogP contribution in [0.3, 0.4) is 0 Å². The molecule has 0 atom stereocenters. The zero-order chi connectivity index (χ0) is 17.1. The van der Waals surface area contributed by atoms with Gasteiger partial charge < -0.3 is 9.42 Å². The van der Waals surface area contributed by atoms with Crippen LogP contribution in [0.25, 0.3) is 11.5 Å². The Bertz CT molecular complexity index is 822. The average Bonchev–Trinajstić information content (AvgIpc) is 3.13. The minimum absolute atomic E-state index is 0.521. The van der Waals surface area contributed by atoms with Gasteiger partial charge in [-0.3, -0.25) is 4.68 Å². The zero-order valence-corrected chi connectivity index (χ0v) is 14.5. The molecule has 7 nitrogen and oxygen atoms in total. The number of aryl methyl sites for hydroxylation is 4. The van der Waals surface area contributed by atoms with E-state index < -0.39 is 0 Å². The number of aromatic nitrogens is 5. The van der Waals surface area contributed by atoms with Crippen molar-refractivity contribution in [3.05, 3.63) is 41.6 Å². The van der Waals surface area contributed by atoms with Gasteiger partial charge in [-0.2, -0.15) is 10.1 Å². The summed E-state index contributed by atoms with van der Waals surface area (Å²) in [5.41, 5.74) is 3.14. The molecule has 0 N–H and O–H groups in total. The average molecular weight is 326 g/mol. The van der Waals surface area contributed by atoms with Crippen LogP contribution in [0.4, 0.5) is 5.82 Å². The van der Waals surface area contributed by atoms with E-state index in [9.17, 15) is 0 Å². The van der Waals surface area contributed by atoms with E-state index in [0.29, 0.717) is 11.7 Å². The van der Waals surface area contributed by atoms with E-state index in [2.05, 4.69) is 38.1 Å². The summed E-state index contributed by atoms with van der Waals surface area (Å²) in [6, 6.07) is 5.94. The van der Waals surface area contributed by atoms with E-state index in [1.165, 1.54) is 5.69 Å². The second kappa shape index (κ2) is 6.82. The van der Waals surface area contributed by atoms with Gasteiger partial charge in [0, 0.05) is 37.6 Å². The van der Waals surface area contributed by atoms with Gasteiger partial charge in [-0.25, -0.2) is 4.98 Å². The van der Waals surface area contributed by atoms with Gasteiger partial charge in [-0.1, -0.05) is 5.16 Å². The molecule has 0 aliphatic rings. The first kappa shape index (κ1) is 16.2. The van der Waals surface area contributed by atoms with Crippen LogP contribution in [0.15, 0.2) is 28.9 Å². The standard InChI is InChI=1S/C17H22N6O/c1-12-10-13(2)23(20-12)9-5-8-22(4)16-11-15(6-7-18-16)17-19-14(3)21-24-17/h6-7,10-11H,5,8-9H2,1-4H3. The van der Waals surface area contributed by atoms with Crippen LogP contribution in [-0.4, -0.2) is 38.5 Å². The molecule has 24 heavy (non-hydrogen) atoms. The van der Waals surface area contributed by atoms with Crippen LogP contribution in [0.2, 0.25) is 0 Å². The molecule has 0 aliphatic heterocycles. The summed E-state index contributed by atoms with van der Waals surface area (Å²) in [5.74, 6) is 2.03. The van der Waals surface area contributed by atoms with Crippen LogP contribution in [0.5, 0.6) is 0 Å². The SMILES string of the molecule is Cc1cc(C)n(CCCN(C)c2cc(-c3nc(C)no3)ccn2)n1. The van der Waals surface area contributed by atoms with Crippen molar-refractivity contribution in [1.82, 2.24) is 24.9 Å². The van der Waals surface area contributed by atoms with Gasteiger partial charge in [0.25, 0.3) is 5.89 Å². The number of rotatable bonds is 6. The maximum Gasteiger partial charge on any atom is 0.258 e. The molecular formula is C17H22N6O. The molecular weight excluding hydrogens is 304 g/mol. The molecule has 0 saturated carbocycles. The quantitative estimate of drug-likeness (QED) is 0.693. The molecule has 0 aromatic carbocycles. The number of pyridine rings is 1. The second-order valence-electron chi connectivity index (χ2n) is 5.97. The summed E-state index contributed by atoms with van der Waals surface area (Å²) in [7, 11) is 2.03. The molecule has 0 saturated heterocycles. The summed E-state index contributed by atoms with van der Waals surface area (Å²) in [4.78, 5) is 10.8. The van der Waals surface area contributed by atoms with Crippen molar-refractivity contribution in [2.45, 2.75) is 33.7 Å². The molecule has 7 heteroatoms. The third-order valence-electron chi connectivity index (χ3n) is 3.88. The lowest BCUT2D eigenvalue weighted by Gasteiger charge is -2.18. The highest BCUT2D eigenvalue weighted by Crippen LogP contribution is 2.21. The molecule has 3 aromatic rings. The summed E-state index contributed by atoms with van der Waals surface area (Å²) in [5, 5.41) is 8.32. The highest BCUT2D eigenvalue weighted by molar-refractivity contribution is 5.58. The van der Waals surface area contributed by atoms with Gasteiger partial charge in [0.15, 0.2) is 5.82 Å². The Labute approximate surface area is 141 Å². The van der Waals surface area contributed by atoms with Gasteiger partial charge in [-0.05, 0) is 45.4 Å². The van der Waals surface area contributed by atoms with Gasteiger partial charge in [0.1, 0.15) is 5.82 Å². The first-order chi connectivity index (χ1) is 11.5. The lowest BCUT2D eigenvalue weighted by molar-refractivity contribution is 0.425.